The van der Waals surface area contributed by atoms with Gasteiger partial charge in [-0.2, -0.15) is 10.2 Å². The van der Waals surface area contributed by atoms with E-state index in [0.717, 1.165) is 69.1 Å². The molecule has 4 heteroatoms. The highest BCUT2D eigenvalue weighted by atomic mass is 16.5. The number of benzene rings is 3. The van der Waals surface area contributed by atoms with Gasteiger partial charge in [0.15, 0.2) is 0 Å². The summed E-state index contributed by atoms with van der Waals surface area (Å²) in [5, 5.41) is 11.8. The first kappa shape index (κ1) is 20.8. The number of hydrogen-bond donors (Lipinski definition) is 0. The molecule has 0 atom stereocenters. The maximum absolute atomic E-state index is 5.47. The average molecular weight is 424 g/mol. The SMILES string of the molecule is c1ccc(-c2cc(Cc3ccc4ccccc4c3)c(CCCN3CCOCC3)nn2)cc1. The van der Waals surface area contributed by atoms with Crippen LogP contribution in [0, 0.1) is 0 Å². The van der Waals surface area contributed by atoms with Crippen LogP contribution >= 0.6 is 0 Å². The Morgan fingerprint density at radius 3 is 2.41 bits per heavy atom. The molecule has 0 unspecified atom stereocenters. The van der Waals surface area contributed by atoms with Crippen molar-refractivity contribution in [3.8, 4) is 11.3 Å². The second-order valence-electron chi connectivity index (χ2n) is 8.48. The molecular weight excluding hydrogens is 394 g/mol. The number of aryl methyl sites for hydroxylation is 1. The van der Waals surface area contributed by atoms with Crippen molar-refractivity contribution in [3.05, 3.63) is 95.7 Å². The number of hydrogen-bond acceptors (Lipinski definition) is 4. The molecule has 0 amide bonds. The van der Waals surface area contributed by atoms with Crippen LogP contribution in [0.1, 0.15) is 23.2 Å². The van der Waals surface area contributed by atoms with E-state index >= 15 is 0 Å². The van der Waals surface area contributed by atoms with Gasteiger partial charge in [0.1, 0.15) is 0 Å². The zero-order valence-corrected chi connectivity index (χ0v) is 18.4. The lowest BCUT2D eigenvalue weighted by molar-refractivity contribution is 0.0374. The zero-order valence-electron chi connectivity index (χ0n) is 18.4. The van der Waals surface area contributed by atoms with Crippen LogP contribution in [0.15, 0.2) is 78.9 Å². The Labute approximate surface area is 189 Å². The fourth-order valence-corrected chi connectivity index (χ4v) is 4.43. The number of morpholine rings is 1. The van der Waals surface area contributed by atoms with Gasteiger partial charge in [-0.15, -0.1) is 0 Å². The van der Waals surface area contributed by atoms with Crippen LogP contribution in [0.2, 0.25) is 0 Å². The number of nitrogens with zero attached hydrogens (tertiary/aromatic N) is 3. The summed E-state index contributed by atoms with van der Waals surface area (Å²) in [5.74, 6) is 0. The molecule has 2 heterocycles. The van der Waals surface area contributed by atoms with Crippen LogP contribution in [-0.4, -0.2) is 47.9 Å². The minimum atomic E-state index is 0.846. The lowest BCUT2D eigenvalue weighted by Crippen LogP contribution is -2.37. The van der Waals surface area contributed by atoms with Crippen LogP contribution in [0.25, 0.3) is 22.0 Å². The van der Waals surface area contributed by atoms with Crippen LogP contribution in [0.5, 0.6) is 0 Å². The molecule has 5 rings (SSSR count). The molecule has 32 heavy (non-hydrogen) atoms. The Morgan fingerprint density at radius 1 is 0.781 bits per heavy atom. The first-order valence-electron chi connectivity index (χ1n) is 11.5. The monoisotopic (exact) mass is 423 g/mol. The summed E-state index contributed by atoms with van der Waals surface area (Å²) in [6.45, 7) is 4.84. The molecule has 0 aliphatic carbocycles. The second kappa shape index (κ2) is 10.0. The van der Waals surface area contributed by atoms with Gasteiger partial charge in [0.2, 0.25) is 0 Å². The number of ether oxygens (including phenoxy) is 1. The minimum Gasteiger partial charge on any atom is -0.379 e. The fourth-order valence-electron chi connectivity index (χ4n) is 4.43. The predicted octanol–water partition coefficient (Wildman–Crippen LogP) is 5.15. The summed E-state index contributed by atoms with van der Waals surface area (Å²) in [6, 6.07) is 27.9. The Kier molecular flexibility index (Phi) is 6.52. The van der Waals surface area contributed by atoms with Crippen molar-refractivity contribution < 1.29 is 4.74 Å². The molecule has 1 aliphatic heterocycles. The zero-order chi connectivity index (χ0) is 21.6. The molecule has 1 saturated heterocycles. The Bertz CT molecular complexity index is 1170. The molecule has 4 aromatic rings. The summed E-state index contributed by atoms with van der Waals surface area (Å²) >= 11 is 0. The topological polar surface area (TPSA) is 38.2 Å². The predicted molar refractivity (Wildman–Crippen MR) is 130 cm³/mol. The van der Waals surface area contributed by atoms with Gasteiger partial charge in [0.25, 0.3) is 0 Å². The smallest absolute Gasteiger partial charge is 0.0932 e. The van der Waals surface area contributed by atoms with Gasteiger partial charge < -0.3 is 4.74 Å². The van der Waals surface area contributed by atoms with E-state index in [1.807, 2.05) is 6.07 Å². The van der Waals surface area contributed by atoms with E-state index in [4.69, 9.17) is 9.84 Å². The highest BCUT2D eigenvalue weighted by Crippen LogP contribution is 2.23. The first-order valence-corrected chi connectivity index (χ1v) is 11.5. The average Bonchev–Trinajstić information content (AvgIpc) is 2.86. The van der Waals surface area contributed by atoms with Crippen molar-refractivity contribution in [2.45, 2.75) is 19.3 Å². The number of aromatic nitrogens is 2. The van der Waals surface area contributed by atoms with E-state index in [0.29, 0.717) is 0 Å². The highest BCUT2D eigenvalue weighted by molar-refractivity contribution is 5.83. The molecule has 3 aromatic carbocycles. The Hall–Kier alpha value is -3.08. The second-order valence-corrected chi connectivity index (χ2v) is 8.48. The van der Waals surface area contributed by atoms with Gasteiger partial charge in [-0.25, -0.2) is 0 Å². The van der Waals surface area contributed by atoms with E-state index in [-0.39, 0.29) is 0 Å². The van der Waals surface area contributed by atoms with E-state index < -0.39 is 0 Å². The van der Waals surface area contributed by atoms with Crippen molar-refractivity contribution >= 4 is 10.8 Å². The van der Waals surface area contributed by atoms with Gasteiger partial charge >= 0.3 is 0 Å². The molecule has 0 radical (unpaired) electrons. The number of rotatable bonds is 7. The van der Waals surface area contributed by atoms with E-state index in [1.54, 1.807) is 0 Å². The van der Waals surface area contributed by atoms with Crippen LogP contribution in [0.4, 0.5) is 0 Å². The van der Waals surface area contributed by atoms with E-state index in [1.165, 1.54) is 21.9 Å². The van der Waals surface area contributed by atoms with Gasteiger partial charge in [0.05, 0.1) is 24.6 Å². The van der Waals surface area contributed by atoms with Gasteiger partial charge in [-0.3, -0.25) is 4.90 Å². The Morgan fingerprint density at radius 2 is 1.56 bits per heavy atom. The molecule has 162 valence electrons. The molecule has 0 bridgehead atoms. The summed E-state index contributed by atoms with van der Waals surface area (Å²) < 4.78 is 5.47. The Balaban J connectivity index is 1.39. The summed E-state index contributed by atoms with van der Waals surface area (Å²) in [4.78, 5) is 2.48. The highest BCUT2D eigenvalue weighted by Gasteiger charge is 2.13. The van der Waals surface area contributed by atoms with Gasteiger partial charge in [-0.05, 0) is 53.8 Å². The molecule has 0 N–H and O–H groups in total. The quantitative estimate of drug-likeness (QED) is 0.412. The molecule has 0 spiro atoms. The first-order chi connectivity index (χ1) is 15.8. The normalized spacial score (nSPS) is 14.6. The molecule has 1 aromatic heterocycles. The lowest BCUT2D eigenvalue weighted by atomic mass is 9.97. The summed E-state index contributed by atoms with van der Waals surface area (Å²) in [7, 11) is 0. The fraction of sp³-hybridized carbons (Fsp3) is 0.286. The van der Waals surface area contributed by atoms with Crippen molar-refractivity contribution in [2.75, 3.05) is 32.8 Å². The third-order valence-electron chi connectivity index (χ3n) is 6.23. The van der Waals surface area contributed by atoms with Crippen LogP contribution < -0.4 is 0 Å². The summed E-state index contributed by atoms with van der Waals surface area (Å²) in [5.41, 5.74) is 5.75. The van der Waals surface area contributed by atoms with Crippen molar-refractivity contribution in [3.63, 3.8) is 0 Å². The maximum atomic E-state index is 5.47. The van der Waals surface area contributed by atoms with E-state index in [2.05, 4.69) is 82.8 Å². The molecule has 0 saturated carbocycles. The maximum Gasteiger partial charge on any atom is 0.0932 e. The van der Waals surface area contributed by atoms with Crippen molar-refractivity contribution in [2.24, 2.45) is 0 Å². The summed E-state index contributed by atoms with van der Waals surface area (Å²) in [6.07, 6.45) is 2.90. The molecule has 1 aliphatic rings. The number of fused-ring (bicyclic) bond motifs is 1. The van der Waals surface area contributed by atoms with Gasteiger partial charge in [0, 0.05) is 18.7 Å². The third kappa shape index (κ3) is 5.04. The molecule has 1 fully saturated rings. The largest absolute Gasteiger partial charge is 0.379 e. The molecular formula is C28H29N3O. The lowest BCUT2D eigenvalue weighted by Gasteiger charge is -2.26. The molecule has 4 nitrogen and oxygen atoms in total. The van der Waals surface area contributed by atoms with Crippen molar-refractivity contribution in [1.29, 1.82) is 0 Å². The standard InChI is InChI=1S/C28H29N3O/c1-2-8-24(9-3-1)28-21-26(20-22-12-13-23-7-4-5-10-25(23)19-22)27(29-30-28)11-6-14-31-15-17-32-18-16-31/h1-5,7-10,12-13,19,21H,6,11,14-18,20H2. The van der Waals surface area contributed by atoms with E-state index in [9.17, 15) is 0 Å². The van der Waals surface area contributed by atoms with Crippen LogP contribution in [0.3, 0.4) is 0 Å². The van der Waals surface area contributed by atoms with Crippen LogP contribution in [-0.2, 0) is 17.6 Å². The van der Waals surface area contributed by atoms with Crippen molar-refractivity contribution in [1.82, 2.24) is 15.1 Å². The third-order valence-corrected chi connectivity index (χ3v) is 6.23. The minimum absolute atomic E-state index is 0.846. The van der Waals surface area contributed by atoms with Gasteiger partial charge in [-0.1, -0.05) is 72.8 Å².